The zero-order valence-corrected chi connectivity index (χ0v) is 12.5. The number of benzene rings is 1. The van der Waals surface area contributed by atoms with Crippen LogP contribution in [0.2, 0.25) is 0 Å². The molecule has 2 aromatic rings. The molecule has 0 spiro atoms. The molecule has 100 valence electrons. The van der Waals surface area contributed by atoms with Gasteiger partial charge in [-0.15, -0.1) is 0 Å². The van der Waals surface area contributed by atoms with Gasteiger partial charge in [-0.25, -0.2) is 0 Å². The fourth-order valence-corrected chi connectivity index (χ4v) is 2.52. The summed E-state index contributed by atoms with van der Waals surface area (Å²) in [6.07, 6.45) is 0. The lowest BCUT2D eigenvalue weighted by molar-refractivity contribution is 0.101. The number of rotatable bonds is 2. The van der Waals surface area contributed by atoms with Crippen LogP contribution in [0.4, 0.5) is 0 Å². The van der Waals surface area contributed by atoms with E-state index in [-0.39, 0.29) is 5.78 Å². The van der Waals surface area contributed by atoms with Crippen molar-refractivity contribution in [1.29, 1.82) is 0 Å². The van der Waals surface area contributed by atoms with Crippen molar-refractivity contribution in [2.24, 2.45) is 0 Å². The fourth-order valence-electron chi connectivity index (χ4n) is 2.52. The minimum Gasteiger partial charge on any atom is -0.458 e. The van der Waals surface area contributed by atoms with E-state index in [0.29, 0.717) is 5.76 Å². The third-order valence-electron chi connectivity index (χ3n) is 4.19. The van der Waals surface area contributed by atoms with Gasteiger partial charge in [-0.3, -0.25) is 4.79 Å². The second-order valence-electron chi connectivity index (χ2n) is 5.24. The Morgan fingerprint density at radius 2 is 1.26 bits per heavy atom. The molecule has 0 fully saturated rings. The topological polar surface area (TPSA) is 30.2 Å². The highest BCUT2D eigenvalue weighted by molar-refractivity contribution is 6.09. The van der Waals surface area contributed by atoms with Gasteiger partial charge in [-0.1, -0.05) is 0 Å². The van der Waals surface area contributed by atoms with E-state index in [2.05, 4.69) is 20.8 Å². The van der Waals surface area contributed by atoms with Gasteiger partial charge in [0.1, 0.15) is 5.76 Å². The van der Waals surface area contributed by atoms with Crippen LogP contribution in [-0.4, -0.2) is 5.78 Å². The van der Waals surface area contributed by atoms with Gasteiger partial charge in [0, 0.05) is 5.56 Å². The van der Waals surface area contributed by atoms with Crippen molar-refractivity contribution >= 4 is 5.78 Å². The molecular formula is C17H20O2. The molecule has 0 atom stereocenters. The van der Waals surface area contributed by atoms with Gasteiger partial charge >= 0.3 is 0 Å². The number of furan rings is 1. The van der Waals surface area contributed by atoms with Gasteiger partial charge in [-0.05, 0) is 81.5 Å². The fraction of sp³-hybridized carbons (Fsp3) is 0.353. The molecule has 0 bridgehead atoms. The molecule has 2 nitrogen and oxygen atoms in total. The Bertz CT molecular complexity index is 631. The van der Waals surface area contributed by atoms with Crippen molar-refractivity contribution in [1.82, 2.24) is 0 Å². The highest BCUT2D eigenvalue weighted by Crippen LogP contribution is 2.28. The van der Waals surface area contributed by atoms with Crippen LogP contribution in [0.15, 0.2) is 16.5 Å². The molecular weight excluding hydrogens is 236 g/mol. The van der Waals surface area contributed by atoms with E-state index in [1.165, 1.54) is 16.7 Å². The molecule has 0 radical (unpaired) electrons. The van der Waals surface area contributed by atoms with E-state index in [1.54, 1.807) is 6.07 Å². The van der Waals surface area contributed by atoms with Crippen LogP contribution in [0, 0.1) is 41.5 Å². The van der Waals surface area contributed by atoms with Crippen molar-refractivity contribution in [3.63, 3.8) is 0 Å². The molecule has 1 heterocycles. The van der Waals surface area contributed by atoms with Crippen LogP contribution in [0.25, 0.3) is 0 Å². The largest absolute Gasteiger partial charge is 0.458 e. The molecule has 0 saturated heterocycles. The van der Waals surface area contributed by atoms with Gasteiger partial charge in [0.15, 0.2) is 5.76 Å². The maximum atomic E-state index is 12.6. The third-order valence-corrected chi connectivity index (χ3v) is 4.19. The quantitative estimate of drug-likeness (QED) is 0.747. The van der Waals surface area contributed by atoms with Crippen molar-refractivity contribution in [2.75, 3.05) is 0 Å². The lowest BCUT2D eigenvalue weighted by Crippen LogP contribution is -2.10. The first kappa shape index (κ1) is 13.6. The van der Waals surface area contributed by atoms with Gasteiger partial charge in [0.25, 0.3) is 0 Å². The smallest absolute Gasteiger partial charge is 0.228 e. The van der Waals surface area contributed by atoms with Crippen molar-refractivity contribution in [3.05, 3.63) is 57.0 Å². The zero-order chi connectivity index (χ0) is 14.3. The second kappa shape index (κ2) is 4.69. The number of ketones is 1. The lowest BCUT2D eigenvalue weighted by atomic mass is 9.87. The van der Waals surface area contributed by atoms with Crippen LogP contribution >= 0.6 is 0 Å². The molecule has 0 saturated carbocycles. The minimum atomic E-state index is -0.0192. The Morgan fingerprint density at radius 1 is 0.789 bits per heavy atom. The van der Waals surface area contributed by atoms with Crippen LogP contribution in [-0.2, 0) is 0 Å². The van der Waals surface area contributed by atoms with Crippen molar-refractivity contribution in [2.45, 2.75) is 41.5 Å². The third kappa shape index (κ3) is 2.12. The van der Waals surface area contributed by atoms with Gasteiger partial charge in [0.05, 0.1) is 0 Å². The predicted octanol–water partition coefficient (Wildman–Crippen LogP) is 4.36. The molecule has 2 rings (SSSR count). The molecule has 1 aromatic carbocycles. The SMILES string of the molecule is Cc1ccc(C(=O)c2c(C)c(C)c(C)c(C)c2C)o1. The molecule has 0 unspecified atom stereocenters. The van der Waals surface area contributed by atoms with Crippen LogP contribution in [0.3, 0.4) is 0 Å². The van der Waals surface area contributed by atoms with Gasteiger partial charge in [-0.2, -0.15) is 0 Å². The molecule has 0 amide bonds. The van der Waals surface area contributed by atoms with E-state index in [4.69, 9.17) is 4.42 Å². The van der Waals surface area contributed by atoms with E-state index in [1.807, 2.05) is 26.8 Å². The molecule has 0 aliphatic rings. The number of hydrogen-bond acceptors (Lipinski definition) is 2. The lowest BCUT2D eigenvalue weighted by Gasteiger charge is -2.17. The Kier molecular flexibility index (Phi) is 3.36. The summed E-state index contributed by atoms with van der Waals surface area (Å²) in [6, 6.07) is 3.58. The number of carbonyl (C=O) groups is 1. The average molecular weight is 256 g/mol. The zero-order valence-electron chi connectivity index (χ0n) is 12.5. The molecule has 19 heavy (non-hydrogen) atoms. The Balaban J connectivity index is 2.66. The summed E-state index contributed by atoms with van der Waals surface area (Å²) in [5.41, 5.74) is 6.54. The maximum Gasteiger partial charge on any atom is 0.228 e. The van der Waals surface area contributed by atoms with Crippen LogP contribution in [0.1, 0.15) is 49.7 Å². The summed E-state index contributed by atoms with van der Waals surface area (Å²) in [5, 5.41) is 0. The first-order valence-electron chi connectivity index (χ1n) is 6.52. The summed E-state index contributed by atoms with van der Waals surface area (Å²) < 4.78 is 5.47. The van der Waals surface area contributed by atoms with Gasteiger partial charge < -0.3 is 4.42 Å². The van der Waals surface area contributed by atoms with E-state index >= 15 is 0 Å². The maximum absolute atomic E-state index is 12.6. The number of hydrogen-bond donors (Lipinski definition) is 0. The molecule has 0 aliphatic heterocycles. The minimum absolute atomic E-state index is 0.0192. The van der Waals surface area contributed by atoms with Crippen molar-refractivity contribution < 1.29 is 9.21 Å². The summed E-state index contributed by atoms with van der Waals surface area (Å²) >= 11 is 0. The number of carbonyl (C=O) groups excluding carboxylic acids is 1. The normalized spacial score (nSPS) is 10.8. The second-order valence-corrected chi connectivity index (χ2v) is 5.24. The highest BCUT2D eigenvalue weighted by Gasteiger charge is 2.21. The predicted molar refractivity (Wildman–Crippen MR) is 77.0 cm³/mol. The Hall–Kier alpha value is -1.83. The summed E-state index contributed by atoms with van der Waals surface area (Å²) in [5.74, 6) is 1.17. The van der Waals surface area contributed by atoms with Crippen molar-refractivity contribution in [3.8, 4) is 0 Å². The van der Waals surface area contributed by atoms with Gasteiger partial charge in [0.2, 0.25) is 5.78 Å². The molecule has 0 aliphatic carbocycles. The Labute approximate surface area is 114 Å². The summed E-state index contributed by atoms with van der Waals surface area (Å²) in [4.78, 5) is 12.6. The van der Waals surface area contributed by atoms with Crippen LogP contribution < -0.4 is 0 Å². The van der Waals surface area contributed by atoms with Crippen LogP contribution in [0.5, 0.6) is 0 Å². The molecule has 2 heteroatoms. The monoisotopic (exact) mass is 256 g/mol. The standard InChI is InChI=1S/C17H20O2/c1-9-7-8-15(19-9)17(18)16-13(5)11(3)10(2)12(4)14(16)6/h7-8H,1-6H3. The summed E-state index contributed by atoms with van der Waals surface area (Å²) in [7, 11) is 0. The first-order valence-corrected chi connectivity index (χ1v) is 6.52. The Morgan fingerprint density at radius 3 is 1.68 bits per heavy atom. The van der Waals surface area contributed by atoms with E-state index in [9.17, 15) is 4.79 Å². The molecule has 0 N–H and O–H groups in total. The number of aryl methyl sites for hydroxylation is 1. The average Bonchev–Trinajstić information content (AvgIpc) is 2.81. The van der Waals surface area contributed by atoms with E-state index in [0.717, 1.165) is 22.5 Å². The highest BCUT2D eigenvalue weighted by atomic mass is 16.3. The first-order chi connectivity index (χ1) is 8.84. The summed E-state index contributed by atoms with van der Waals surface area (Å²) in [6.45, 7) is 12.1. The van der Waals surface area contributed by atoms with E-state index < -0.39 is 0 Å². The molecule has 1 aromatic heterocycles.